The van der Waals surface area contributed by atoms with E-state index in [1.54, 1.807) is 11.7 Å². The van der Waals surface area contributed by atoms with E-state index in [9.17, 15) is 9.90 Å². The predicted molar refractivity (Wildman–Crippen MR) is 160 cm³/mol. The number of halogens is 1. The Bertz CT molecular complexity index is 1780. The van der Waals surface area contributed by atoms with Crippen LogP contribution in [0.5, 0.6) is 5.75 Å². The van der Waals surface area contributed by atoms with Crippen LogP contribution < -0.4 is 31.2 Å². The number of carbonyl (C=O) groups is 1. The molecule has 5 aromatic rings. The van der Waals surface area contributed by atoms with Crippen LogP contribution in [0.2, 0.25) is 0 Å². The third kappa shape index (κ3) is 4.98. The van der Waals surface area contributed by atoms with Crippen molar-refractivity contribution < 1.29 is 40.6 Å². The zero-order valence-corrected chi connectivity index (χ0v) is 24.8. The molecule has 212 valence electrons. The van der Waals surface area contributed by atoms with Crippen molar-refractivity contribution in [2.24, 2.45) is 0 Å². The molecule has 2 heterocycles. The van der Waals surface area contributed by atoms with E-state index in [2.05, 4.69) is 35.2 Å². The van der Waals surface area contributed by atoms with Crippen LogP contribution >= 0.6 is 0 Å². The van der Waals surface area contributed by atoms with Crippen LogP contribution in [0.4, 0.5) is 11.4 Å². The molecule has 0 spiro atoms. The summed E-state index contributed by atoms with van der Waals surface area (Å²) in [6.45, 7) is -0.185. The molecule has 0 saturated heterocycles. The SMILES string of the molecule is COc1ccc(N2c3ccc(/C=C/c4oc5ccc(-c6ccccc6)cc5[n+]4CC(=O)O)cc3C3CCCC32)cc1.[Br-]. The number of nitrogens with zero attached hydrogens (tertiary/aromatic N) is 2. The second kappa shape index (κ2) is 11.5. The highest BCUT2D eigenvalue weighted by Gasteiger charge is 2.42. The molecule has 1 aromatic heterocycles. The van der Waals surface area contributed by atoms with Gasteiger partial charge in [0.15, 0.2) is 0 Å². The first-order chi connectivity index (χ1) is 20.1. The number of oxazole rings is 1. The number of ether oxygens (including phenoxy) is 1. The lowest BCUT2D eigenvalue weighted by molar-refractivity contribution is -0.666. The van der Waals surface area contributed by atoms with Crippen molar-refractivity contribution in [3.63, 3.8) is 0 Å². The Hall–Kier alpha value is -4.36. The lowest BCUT2D eigenvalue weighted by atomic mass is 9.96. The Kier molecular flexibility index (Phi) is 7.60. The number of benzene rings is 4. The Morgan fingerprint density at radius 3 is 2.55 bits per heavy atom. The molecule has 1 N–H and O–H groups in total. The summed E-state index contributed by atoms with van der Waals surface area (Å²) in [5.74, 6) is 0.950. The average molecular weight is 624 g/mol. The molecule has 2 atom stereocenters. The maximum Gasteiger partial charge on any atom is 0.374 e. The lowest BCUT2D eigenvalue weighted by Gasteiger charge is -2.27. The Morgan fingerprint density at radius 1 is 0.976 bits per heavy atom. The fraction of sp³-hybridized carbons (Fsp3) is 0.200. The van der Waals surface area contributed by atoms with Gasteiger partial charge in [-0.25, -0.2) is 4.79 Å². The Balaban J connectivity index is 0.00000316. The van der Waals surface area contributed by atoms with Crippen molar-refractivity contribution in [1.82, 2.24) is 0 Å². The van der Waals surface area contributed by atoms with Gasteiger partial charge in [0.1, 0.15) is 5.75 Å². The fourth-order valence-electron chi connectivity index (χ4n) is 6.56. The first-order valence-corrected chi connectivity index (χ1v) is 14.1. The fourth-order valence-corrected chi connectivity index (χ4v) is 6.56. The molecule has 7 rings (SSSR count). The number of hydrogen-bond donors (Lipinski definition) is 1. The summed E-state index contributed by atoms with van der Waals surface area (Å²) in [5, 5.41) is 9.68. The summed E-state index contributed by atoms with van der Waals surface area (Å²) in [7, 11) is 1.69. The molecule has 7 heteroatoms. The van der Waals surface area contributed by atoms with Gasteiger partial charge in [-0.3, -0.25) is 0 Å². The standard InChI is InChI=1S/C35H30N2O4.BrH/c1-40-27-15-13-26(14-16-27)37-30-9-5-8-28(30)29-20-23(10-17-31(29)37)11-19-34-36(22-35(38)39)32-21-25(12-18-33(32)41-34)24-6-3-2-4-7-24;/h2-4,6-7,10-21,28,30H,5,8-9,22H2,1H3;1H. The predicted octanol–water partition coefficient (Wildman–Crippen LogP) is 4.44. The number of hydrogen-bond acceptors (Lipinski definition) is 4. The number of carboxylic acids is 1. The van der Waals surface area contributed by atoms with Gasteiger partial charge in [-0.05, 0) is 83.6 Å². The van der Waals surface area contributed by atoms with Crippen molar-refractivity contribution in [3.05, 3.63) is 108 Å². The van der Waals surface area contributed by atoms with Gasteiger partial charge in [-0.15, -0.1) is 4.57 Å². The van der Waals surface area contributed by atoms with Gasteiger partial charge in [0.25, 0.3) is 5.52 Å². The zero-order chi connectivity index (χ0) is 27.9. The van der Waals surface area contributed by atoms with Crippen LogP contribution in [0.1, 0.15) is 42.2 Å². The largest absolute Gasteiger partial charge is 1.00 e. The molecule has 6 nitrogen and oxygen atoms in total. The van der Waals surface area contributed by atoms with Gasteiger partial charge in [-0.2, -0.15) is 0 Å². The van der Waals surface area contributed by atoms with Crippen LogP contribution in [0.15, 0.2) is 95.4 Å². The minimum absolute atomic E-state index is 0. The van der Waals surface area contributed by atoms with Crippen molar-refractivity contribution >= 4 is 40.6 Å². The van der Waals surface area contributed by atoms with Crippen molar-refractivity contribution in [3.8, 4) is 16.9 Å². The molecule has 2 aliphatic rings. The molecule has 1 saturated carbocycles. The molecule has 42 heavy (non-hydrogen) atoms. The van der Waals surface area contributed by atoms with Crippen molar-refractivity contribution in [1.29, 1.82) is 0 Å². The minimum atomic E-state index is -0.916. The number of fused-ring (bicyclic) bond motifs is 4. The Labute approximate surface area is 255 Å². The molecule has 1 aliphatic carbocycles. The normalized spacial score (nSPS) is 17.3. The van der Waals surface area contributed by atoms with Gasteiger partial charge >= 0.3 is 11.9 Å². The van der Waals surface area contributed by atoms with E-state index >= 15 is 0 Å². The molecule has 0 amide bonds. The van der Waals surface area contributed by atoms with Gasteiger partial charge in [-0.1, -0.05) is 48.9 Å². The van der Waals surface area contributed by atoms with Crippen LogP contribution in [-0.4, -0.2) is 24.2 Å². The second-order valence-electron chi connectivity index (χ2n) is 10.8. The van der Waals surface area contributed by atoms with Crippen molar-refractivity contribution in [2.75, 3.05) is 12.0 Å². The van der Waals surface area contributed by atoms with Gasteiger partial charge < -0.3 is 36.1 Å². The molecule has 4 aromatic carbocycles. The number of aliphatic carboxylic acids is 1. The quantitative estimate of drug-likeness (QED) is 0.272. The summed E-state index contributed by atoms with van der Waals surface area (Å²) < 4.78 is 13.3. The van der Waals surface area contributed by atoms with Gasteiger partial charge in [0.05, 0.1) is 13.2 Å². The molecule has 0 radical (unpaired) electrons. The summed E-state index contributed by atoms with van der Waals surface area (Å²) in [5.41, 5.74) is 8.40. The highest BCUT2D eigenvalue weighted by Crippen LogP contribution is 2.52. The molecule has 0 bridgehead atoms. The van der Waals surface area contributed by atoms with Crippen LogP contribution in [0, 0.1) is 0 Å². The summed E-state index contributed by atoms with van der Waals surface area (Å²) in [4.78, 5) is 14.3. The smallest absolute Gasteiger partial charge is 0.374 e. The summed E-state index contributed by atoms with van der Waals surface area (Å²) in [6.07, 6.45) is 7.49. The topological polar surface area (TPSA) is 66.8 Å². The van der Waals surface area contributed by atoms with E-state index < -0.39 is 5.97 Å². The maximum atomic E-state index is 11.8. The third-order valence-corrected chi connectivity index (χ3v) is 8.42. The maximum absolute atomic E-state index is 11.8. The number of carboxylic acid groups (broad SMARTS) is 1. The van der Waals surface area contributed by atoms with Crippen LogP contribution in [0.25, 0.3) is 34.4 Å². The lowest BCUT2D eigenvalue weighted by Crippen LogP contribution is -3.00. The molecule has 1 aliphatic heterocycles. The van der Waals surface area contributed by atoms with E-state index in [4.69, 9.17) is 9.15 Å². The monoisotopic (exact) mass is 622 g/mol. The van der Waals surface area contributed by atoms with Crippen LogP contribution in [-0.2, 0) is 11.3 Å². The molecule has 2 unspecified atom stereocenters. The zero-order valence-electron chi connectivity index (χ0n) is 23.2. The van der Waals surface area contributed by atoms with Crippen LogP contribution in [0.3, 0.4) is 0 Å². The number of aromatic nitrogens is 1. The number of methoxy groups -OCH3 is 1. The summed E-state index contributed by atoms with van der Waals surface area (Å²) >= 11 is 0. The summed E-state index contributed by atoms with van der Waals surface area (Å²) in [6, 6.07) is 31.4. The molecular formula is C35H31BrN2O4. The number of anilines is 2. The van der Waals surface area contributed by atoms with E-state index in [1.807, 2.05) is 72.8 Å². The van der Waals surface area contributed by atoms with Crippen molar-refractivity contribution in [2.45, 2.75) is 37.8 Å². The van der Waals surface area contributed by atoms with Gasteiger partial charge in [0.2, 0.25) is 12.1 Å². The van der Waals surface area contributed by atoms with Gasteiger partial charge in [0, 0.05) is 29.4 Å². The highest BCUT2D eigenvalue weighted by molar-refractivity contribution is 5.81. The first kappa shape index (κ1) is 27.8. The van der Waals surface area contributed by atoms with E-state index in [0.717, 1.165) is 28.0 Å². The first-order valence-electron chi connectivity index (χ1n) is 14.1. The highest BCUT2D eigenvalue weighted by atomic mass is 79.9. The van der Waals surface area contributed by atoms with E-state index in [-0.39, 0.29) is 23.5 Å². The van der Waals surface area contributed by atoms with E-state index in [1.165, 1.54) is 36.2 Å². The third-order valence-electron chi connectivity index (χ3n) is 8.42. The molecule has 1 fully saturated rings. The Morgan fingerprint density at radius 2 is 1.79 bits per heavy atom. The molecular weight excluding hydrogens is 592 g/mol. The minimum Gasteiger partial charge on any atom is -1.00 e. The average Bonchev–Trinajstić information content (AvgIpc) is 3.69. The second-order valence-corrected chi connectivity index (χ2v) is 10.8. The van der Waals surface area contributed by atoms with E-state index in [0.29, 0.717) is 23.4 Å². The number of rotatable bonds is 7.